The van der Waals surface area contributed by atoms with Gasteiger partial charge in [-0.15, -0.1) is 5.10 Å². The summed E-state index contributed by atoms with van der Waals surface area (Å²) in [4.78, 5) is 0. The molecule has 80 valence electrons. The number of nitrogens with zero attached hydrogens (tertiary/aromatic N) is 2. The van der Waals surface area contributed by atoms with Crippen molar-refractivity contribution < 1.29 is 4.74 Å². The van der Waals surface area contributed by atoms with Gasteiger partial charge in [-0.3, -0.25) is 0 Å². The molecule has 1 N–H and O–H groups in total. The molecule has 0 fully saturated rings. The first kappa shape index (κ1) is 11.6. The summed E-state index contributed by atoms with van der Waals surface area (Å²) in [6.45, 7) is 6.53. The molecule has 14 heavy (non-hydrogen) atoms. The number of hydrogen-bond donors (Lipinski definition) is 1. The summed E-state index contributed by atoms with van der Waals surface area (Å²) < 4.78 is 9.25. The minimum Gasteiger partial charge on any atom is -0.380 e. The largest absolute Gasteiger partial charge is 0.380 e. The van der Waals surface area contributed by atoms with Crippen LogP contribution in [0.2, 0.25) is 0 Å². The molecule has 1 atom stereocenters. The van der Waals surface area contributed by atoms with Crippen molar-refractivity contribution in [1.82, 2.24) is 14.9 Å². The molecule has 1 heterocycles. The Bertz CT molecular complexity index is 220. The monoisotopic (exact) mass is 215 g/mol. The quantitative estimate of drug-likeness (QED) is 0.750. The Morgan fingerprint density at radius 3 is 3.00 bits per heavy atom. The van der Waals surface area contributed by atoms with E-state index < -0.39 is 0 Å². The first-order valence-corrected chi connectivity index (χ1v) is 5.80. The van der Waals surface area contributed by atoms with Gasteiger partial charge >= 0.3 is 0 Å². The van der Waals surface area contributed by atoms with Gasteiger partial charge < -0.3 is 10.1 Å². The van der Waals surface area contributed by atoms with Crippen molar-refractivity contribution in [3.05, 3.63) is 11.1 Å². The van der Waals surface area contributed by atoms with Crippen molar-refractivity contribution in [2.24, 2.45) is 0 Å². The Morgan fingerprint density at radius 2 is 2.43 bits per heavy atom. The molecular weight excluding hydrogens is 198 g/mol. The summed E-state index contributed by atoms with van der Waals surface area (Å²) in [5.41, 5.74) is 0.983. The minimum absolute atomic E-state index is 0.189. The molecule has 0 aliphatic rings. The molecular formula is C9H17N3OS. The fourth-order valence-electron chi connectivity index (χ4n) is 1.13. The van der Waals surface area contributed by atoms with Crippen LogP contribution in [0.4, 0.5) is 0 Å². The number of hydrogen-bond acceptors (Lipinski definition) is 5. The van der Waals surface area contributed by atoms with E-state index in [0.717, 1.165) is 25.3 Å². The van der Waals surface area contributed by atoms with Gasteiger partial charge in [-0.1, -0.05) is 11.4 Å². The number of aromatic nitrogens is 2. The van der Waals surface area contributed by atoms with Crippen LogP contribution in [-0.2, 0) is 4.74 Å². The summed E-state index contributed by atoms with van der Waals surface area (Å²) in [6.07, 6.45) is 1.11. The fraction of sp³-hybridized carbons (Fsp3) is 0.778. The van der Waals surface area contributed by atoms with Gasteiger partial charge in [0.25, 0.3) is 0 Å². The molecule has 1 aromatic heterocycles. The van der Waals surface area contributed by atoms with Crippen molar-refractivity contribution in [1.29, 1.82) is 0 Å². The van der Waals surface area contributed by atoms with Crippen LogP contribution in [-0.4, -0.2) is 29.3 Å². The molecule has 0 spiro atoms. The molecule has 1 aromatic rings. The number of rotatable bonds is 7. The highest BCUT2D eigenvalue weighted by molar-refractivity contribution is 7.03. The van der Waals surface area contributed by atoms with Gasteiger partial charge in [-0.25, -0.2) is 0 Å². The van der Waals surface area contributed by atoms with E-state index in [9.17, 15) is 0 Å². The smallest absolute Gasteiger partial charge is 0.0948 e. The Balaban J connectivity index is 2.44. The van der Waals surface area contributed by atoms with E-state index in [4.69, 9.17) is 4.74 Å². The van der Waals surface area contributed by atoms with Crippen LogP contribution in [0, 0.1) is 0 Å². The molecule has 0 aliphatic heterocycles. The van der Waals surface area contributed by atoms with Crippen molar-refractivity contribution in [2.45, 2.75) is 26.3 Å². The standard InChI is InChI=1S/C9H17N3OS/c1-3-5-10-8(6-13-4-2)9-7-14-12-11-9/h7-8,10H,3-6H2,1-2H3. The van der Waals surface area contributed by atoms with Crippen LogP contribution in [0.3, 0.4) is 0 Å². The zero-order valence-electron chi connectivity index (χ0n) is 8.69. The molecule has 0 bridgehead atoms. The lowest BCUT2D eigenvalue weighted by atomic mass is 10.2. The van der Waals surface area contributed by atoms with Crippen LogP contribution in [0.15, 0.2) is 5.38 Å². The predicted octanol–water partition coefficient (Wildman–Crippen LogP) is 1.62. The highest BCUT2D eigenvalue weighted by Crippen LogP contribution is 2.11. The average Bonchev–Trinajstić information content (AvgIpc) is 2.71. The van der Waals surface area contributed by atoms with Crippen LogP contribution in [0.25, 0.3) is 0 Å². The van der Waals surface area contributed by atoms with E-state index in [1.807, 2.05) is 12.3 Å². The zero-order chi connectivity index (χ0) is 10.2. The molecule has 0 saturated carbocycles. The predicted molar refractivity (Wildman–Crippen MR) is 57.4 cm³/mol. The SMILES string of the molecule is CCCNC(COCC)c1csnn1. The van der Waals surface area contributed by atoms with Crippen LogP contribution in [0.5, 0.6) is 0 Å². The molecule has 0 radical (unpaired) electrons. The molecule has 0 aromatic carbocycles. The third-order valence-corrected chi connectivity index (χ3v) is 2.39. The molecule has 5 heteroatoms. The third kappa shape index (κ3) is 3.69. The van der Waals surface area contributed by atoms with Crippen LogP contribution < -0.4 is 5.32 Å². The lowest BCUT2D eigenvalue weighted by Crippen LogP contribution is -2.26. The highest BCUT2D eigenvalue weighted by atomic mass is 32.1. The molecule has 1 rings (SSSR count). The van der Waals surface area contributed by atoms with Crippen LogP contribution in [0.1, 0.15) is 32.0 Å². The van der Waals surface area contributed by atoms with Gasteiger partial charge in [0, 0.05) is 12.0 Å². The van der Waals surface area contributed by atoms with E-state index in [1.54, 1.807) is 0 Å². The Labute approximate surface area is 88.8 Å². The van der Waals surface area contributed by atoms with Gasteiger partial charge in [-0.05, 0) is 31.4 Å². The zero-order valence-corrected chi connectivity index (χ0v) is 9.51. The molecule has 0 saturated heterocycles. The fourth-order valence-corrected chi connectivity index (χ4v) is 1.63. The van der Waals surface area contributed by atoms with E-state index >= 15 is 0 Å². The first-order chi connectivity index (χ1) is 6.88. The van der Waals surface area contributed by atoms with Gasteiger partial charge in [-0.2, -0.15) is 0 Å². The topological polar surface area (TPSA) is 47.0 Å². The van der Waals surface area contributed by atoms with E-state index in [-0.39, 0.29) is 6.04 Å². The molecule has 1 unspecified atom stereocenters. The summed E-state index contributed by atoms with van der Waals surface area (Å²) in [5, 5.41) is 9.40. The summed E-state index contributed by atoms with van der Waals surface area (Å²) in [7, 11) is 0. The molecule has 4 nitrogen and oxygen atoms in total. The highest BCUT2D eigenvalue weighted by Gasteiger charge is 2.12. The number of ether oxygens (including phenoxy) is 1. The average molecular weight is 215 g/mol. The summed E-state index contributed by atoms with van der Waals surface area (Å²) >= 11 is 1.38. The first-order valence-electron chi connectivity index (χ1n) is 4.96. The van der Waals surface area contributed by atoms with Crippen molar-refractivity contribution in [3.8, 4) is 0 Å². The second kappa shape index (κ2) is 6.86. The second-order valence-corrected chi connectivity index (χ2v) is 3.61. The second-order valence-electron chi connectivity index (χ2n) is 3.00. The van der Waals surface area contributed by atoms with E-state index in [1.165, 1.54) is 11.5 Å². The van der Waals surface area contributed by atoms with Gasteiger partial charge in [0.15, 0.2) is 0 Å². The van der Waals surface area contributed by atoms with Crippen molar-refractivity contribution in [2.75, 3.05) is 19.8 Å². The minimum atomic E-state index is 0.189. The summed E-state index contributed by atoms with van der Waals surface area (Å²) in [5.74, 6) is 0. The van der Waals surface area contributed by atoms with Crippen molar-refractivity contribution in [3.63, 3.8) is 0 Å². The Kier molecular flexibility index (Phi) is 5.66. The van der Waals surface area contributed by atoms with Crippen LogP contribution >= 0.6 is 11.5 Å². The lowest BCUT2D eigenvalue weighted by Gasteiger charge is -2.15. The van der Waals surface area contributed by atoms with Crippen molar-refractivity contribution >= 4 is 11.5 Å². The van der Waals surface area contributed by atoms with Gasteiger partial charge in [0.2, 0.25) is 0 Å². The third-order valence-electron chi connectivity index (χ3n) is 1.86. The maximum absolute atomic E-state index is 5.39. The Morgan fingerprint density at radius 1 is 1.57 bits per heavy atom. The Hall–Kier alpha value is -0.520. The van der Waals surface area contributed by atoms with E-state index in [0.29, 0.717) is 6.61 Å². The molecule has 0 amide bonds. The van der Waals surface area contributed by atoms with E-state index in [2.05, 4.69) is 21.8 Å². The number of nitrogens with one attached hydrogen (secondary N) is 1. The maximum atomic E-state index is 5.39. The maximum Gasteiger partial charge on any atom is 0.0948 e. The van der Waals surface area contributed by atoms with Gasteiger partial charge in [0.05, 0.1) is 18.3 Å². The molecule has 0 aliphatic carbocycles. The summed E-state index contributed by atoms with van der Waals surface area (Å²) in [6, 6.07) is 0.189. The lowest BCUT2D eigenvalue weighted by molar-refractivity contribution is 0.122. The normalized spacial score (nSPS) is 13.0. The van der Waals surface area contributed by atoms with Gasteiger partial charge in [0.1, 0.15) is 0 Å².